The number of hydrogen-bond donors (Lipinski definition) is 4. The summed E-state index contributed by atoms with van der Waals surface area (Å²) in [6.45, 7) is 0. The number of hydrogen-bond acceptors (Lipinski definition) is 5. The Kier molecular flexibility index (Phi) is 7.19. The van der Waals surface area contributed by atoms with E-state index in [9.17, 15) is 24.5 Å². The van der Waals surface area contributed by atoms with Crippen molar-refractivity contribution in [1.29, 1.82) is 0 Å². The highest BCUT2D eigenvalue weighted by molar-refractivity contribution is 7.82. The largest absolute Gasteiger partial charge is 0.481 e. The molecule has 7 nitrogen and oxygen atoms in total. The van der Waals surface area contributed by atoms with Crippen molar-refractivity contribution in [1.82, 2.24) is 0 Å². The molecular formula is C19H21NO6P+. The van der Waals surface area contributed by atoms with Gasteiger partial charge in [-0.3, -0.25) is 9.59 Å². The molecule has 1 atom stereocenters. The van der Waals surface area contributed by atoms with Gasteiger partial charge in [0.2, 0.25) is 5.45 Å². The zero-order valence-electron chi connectivity index (χ0n) is 14.5. The lowest BCUT2D eigenvalue weighted by Gasteiger charge is -2.18. The molecule has 142 valence electrons. The lowest BCUT2D eigenvalue weighted by molar-refractivity contribution is -0.142. The monoisotopic (exact) mass is 390 g/mol. The molecule has 8 heteroatoms. The van der Waals surface area contributed by atoms with Crippen molar-refractivity contribution in [2.75, 3.05) is 6.16 Å². The van der Waals surface area contributed by atoms with Gasteiger partial charge in [0.05, 0.1) is 11.6 Å². The van der Waals surface area contributed by atoms with E-state index < -0.39 is 31.7 Å². The molecule has 0 amide bonds. The fraction of sp³-hybridized carbons (Fsp3) is 0.211. The van der Waals surface area contributed by atoms with Gasteiger partial charge in [0.25, 0.3) is 0 Å². The predicted octanol–water partition coefficient (Wildman–Crippen LogP) is 3.16. The molecule has 0 aliphatic rings. The maximum absolute atomic E-state index is 11.5. The lowest BCUT2D eigenvalue weighted by atomic mass is 10.1. The van der Waals surface area contributed by atoms with E-state index >= 15 is 0 Å². The summed E-state index contributed by atoms with van der Waals surface area (Å²) in [5, 5.41) is 18.1. The average molecular weight is 390 g/mol. The zero-order valence-corrected chi connectivity index (χ0v) is 15.4. The summed E-state index contributed by atoms with van der Waals surface area (Å²) in [5.74, 6) is -3.60. The molecule has 2 rings (SSSR count). The Morgan fingerprint density at radius 1 is 0.926 bits per heavy atom. The highest BCUT2D eigenvalue weighted by atomic mass is 31.2. The fourth-order valence-corrected chi connectivity index (χ4v) is 4.51. The zero-order chi connectivity index (χ0) is 19.9. The third kappa shape index (κ3) is 6.25. The van der Waals surface area contributed by atoms with Crippen molar-refractivity contribution in [2.24, 2.45) is 10.9 Å². The molecule has 0 aliphatic heterocycles. The highest BCUT2D eigenvalue weighted by Crippen LogP contribution is 2.56. The number of carboxylic acid groups (broad SMARTS) is 2. The predicted molar refractivity (Wildman–Crippen MR) is 103 cm³/mol. The van der Waals surface area contributed by atoms with Crippen LogP contribution in [0.2, 0.25) is 0 Å². The molecule has 0 saturated heterocycles. The minimum atomic E-state index is -3.93. The summed E-state index contributed by atoms with van der Waals surface area (Å²) in [6.07, 6.45) is -1.04. The van der Waals surface area contributed by atoms with Crippen molar-refractivity contribution in [3.05, 3.63) is 66.2 Å². The van der Waals surface area contributed by atoms with Crippen molar-refractivity contribution < 1.29 is 29.6 Å². The minimum Gasteiger partial charge on any atom is -0.481 e. The standard InChI is InChI=1S/C19H20NO6P/c21-17(22)12-11-15(19(23)24)13-27(25,26)18(14-7-3-1-4-8-14)20-16-9-5-2-6-10-16/h1-10,15,25-26H,11-13H2,(H-,21,22,23,24)/p+1. The average Bonchev–Trinajstić information content (AvgIpc) is 2.64. The van der Waals surface area contributed by atoms with E-state index in [4.69, 9.17) is 5.11 Å². The van der Waals surface area contributed by atoms with Crippen LogP contribution in [0, 0.1) is 5.92 Å². The van der Waals surface area contributed by atoms with Gasteiger partial charge in [-0.05, 0) is 30.7 Å². The number of para-hydroxylation sites is 1. The number of benzene rings is 2. The molecule has 0 bridgehead atoms. The second-order valence-electron chi connectivity index (χ2n) is 6.02. The summed E-state index contributed by atoms with van der Waals surface area (Å²) in [7, 11) is -3.93. The second-order valence-corrected chi connectivity index (χ2v) is 8.27. The van der Waals surface area contributed by atoms with Crippen molar-refractivity contribution in [3.8, 4) is 0 Å². The molecule has 4 N–H and O–H groups in total. The van der Waals surface area contributed by atoms with Crippen LogP contribution in [0.1, 0.15) is 18.4 Å². The van der Waals surface area contributed by atoms with Gasteiger partial charge in [-0.15, -0.1) is 0 Å². The first-order valence-electron chi connectivity index (χ1n) is 8.27. The fourth-order valence-electron chi connectivity index (χ4n) is 2.55. The summed E-state index contributed by atoms with van der Waals surface area (Å²) >= 11 is 0. The van der Waals surface area contributed by atoms with Crippen molar-refractivity contribution in [2.45, 2.75) is 12.8 Å². The van der Waals surface area contributed by atoms with E-state index in [1.165, 1.54) is 0 Å². The number of carbonyl (C=O) groups is 2. The SMILES string of the molecule is O=C(O)CCC(C[P+](O)(O)C(=Nc1ccccc1)c1ccccc1)C(=O)O. The normalized spacial score (nSPS) is 13.2. The van der Waals surface area contributed by atoms with Gasteiger partial charge in [-0.2, -0.15) is 0 Å². The summed E-state index contributed by atoms with van der Waals surface area (Å²) < 4.78 is 0. The third-order valence-corrected chi connectivity index (χ3v) is 5.88. The van der Waals surface area contributed by atoms with Crippen LogP contribution in [0.4, 0.5) is 5.69 Å². The van der Waals surface area contributed by atoms with E-state index in [0.29, 0.717) is 11.3 Å². The van der Waals surface area contributed by atoms with E-state index in [1.807, 2.05) is 0 Å². The van der Waals surface area contributed by atoms with E-state index in [2.05, 4.69) is 4.99 Å². The van der Waals surface area contributed by atoms with E-state index in [0.717, 1.165) is 0 Å². The van der Waals surface area contributed by atoms with Gasteiger partial charge in [-0.1, -0.05) is 36.4 Å². The first-order valence-corrected chi connectivity index (χ1v) is 10.2. The minimum absolute atomic E-state index is 0.0101. The number of aliphatic imine (C=N–C) groups is 1. The van der Waals surface area contributed by atoms with Crippen LogP contribution in [0.5, 0.6) is 0 Å². The van der Waals surface area contributed by atoms with Crippen LogP contribution in [-0.4, -0.2) is 43.6 Å². The van der Waals surface area contributed by atoms with Gasteiger partial charge in [0, 0.05) is 12.0 Å². The van der Waals surface area contributed by atoms with Gasteiger partial charge >= 0.3 is 19.7 Å². The van der Waals surface area contributed by atoms with Crippen LogP contribution in [0.3, 0.4) is 0 Å². The third-order valence-electron chi connectivity index (χ3n) is 3.89. The Labute approximate surface area is 157 Å². The Bertz CT molecular complexity index is 807. The highest BCUT2D eigenvalue weighted by Gasteiger charge is 2.46. The Morgan fingerprint density at radius 2 is 1.48 bits per heavy atom. The van der Waals surface area contributed by atoms with Gasteiger partial charge in [0.1, 0.15) is 6.16 Å². The number of rotatable bonds is 9. The molecule has 0 heterocycles. The maximum atomic E-state index is 11.5. The Morgan fingerprint density at radius 3 is 2.00 bits per heavy atom. The van der Waals surface area contributed by atoms with Crippen LogP contribution in [0.25, 0.3) is 0 Å². The number of nitrogens with zero attached hydrogens (tertiary/aromatic N) is 1. The molecule has 27 heavy (non-hydrogen) atoms. The Balaban J connectivity index is 2.39. The van der Waals surface area contributed by atoms with Crippen LogP contribution in [0.15, 0.2) is 65.7 Å². The van der Waals surface area contributed by atoms with Gasteiger partial charge < -0.3 is 10.2 Å². The molecule has 0 saturated carbocycles. The second kappa shape index (κ2) is 9.37. The first kappa shape index (κ1) is 20.7. The van der Waals surface area contributed by atoms with Crippen molar-refractivity contribution in [3.63, 3.8) is 0 Å². The molecule has 0 aliphatic carbocycles. The van der Waals surface area contributed by atoms with Crippen LogP contribution >= 0.6 is 7.72 Å². The topological polar surface area (TPSA) is 127 Å². The van der Waals surface area contributed by atoms with Crippen LogP contribution in [-0.2, 0) is 9.59 Å². The smallest absolute Gasteiger partial charge is 0.320 e. The van der Waals surface area contributed by atoms with Crippen LogP contribution < -0.4 is 0 Å². The number of aliphatic carboxylic acids is 2. The van der Waals surface area contributed by atoms with E-state index in [1.54, 1.807) is 60.7 Å². The van der Waals surface area contributed by atoms with Gasteiger partial charge in [-0.25, -0.2) is 14.8 Å². The number of carboxylic acids is 2. The van der Waals surface area contributed by atoms with Crippen molar-refractivity contribution >= 4 is 30.8 Å². The lowest BCUT2D eigenvalue weighted by Crippen LogP contribution is -2.24. The molecule has 2 aromatic rings. The van der Waals surface area contributed by atoms with Gasteiger partial charge in [0.15, 0.2) is 0 Å². The van der Waals surface area contributed by atoms with E-state index in [-0.39, 0.29) is 18.3 Å². The summed E-state index contributed by atoms with van der Waals surface area (Å²) in [4.78, 5) is 48.2. The Hall–Kier alpha value is -2.60. The summed E-state index contributed by atoms with van der Waals surface area (Å²) in [5.41, 5.74) is 0.985. The summed E-state index contributed by atoms with van der Waals surface area (Å²) in [6, 6.07) is 17.2. The molecule has 1 unspecified atom stereocenters. The quantitative estimate of drug-likeness (QED) is 0.385. The molecule has 0 aromatic heterocycles. The molecule has 0 radical (unpaired) electrons. The molecule has 0 spiro atoms. The first-order chi connectivity index (χ1) is 12.8. The molecule has 2 aromatic carbocycles. The maximum Gasteiger partial charge on any atom is 0.320 e. The molecular weight excluding hydrogens is 369 g/mol. The molecule has 0 fully saturated rings.